The molecule has 0 atom stereocenters. The Labute approximate surface area is 133 Å². The smallest absolute Gasteiger partial charge is 0.314 e. The first-order chi connectivity index (χ1) is 10.1. The van der Waals surface area contributed by atoms with Crippen molar-refractivity contribution in [1.29, 1.82) is 10.5 Å². The second kappa shape index (κ2) is 6.20. The van der Waals surface area contributed by atoms with Crippen molar-refractivity contribution >= 4 is 28.3 Å². The highest BCUT2D eigenvalue weighted by atomic mass is 127. The van der Waals surface area contributed by atoms with Gasteiger partial charge in [-0.25, -0.2) is 0 Å². The van der Waals surface area contributed by atoms with Gasteiger partial charge in [-0.2, -0.15) is 10.5 Å². The molecule has 21 heavy (non-hydrogen) atoms. The van der Waals surface area contributed by atoms with E-state index in [9.17, 15) is 10.1 Å². The van der Waals surface area contributed by atoms with E-state index in [2.05, 4.69) is 0 Å². The Bertz CT molecular complexity index is 806. The highest BCUT2D eigenvalue weighted by molar-refractivity contribution is 14.1. The molecule has 2 rings (SSSR count). The quantitative estimate of drug-likeness (QED) is 0.451. The third-order valence-electron chi connectivity index (χ3n) is 2.57. The highest BCUT2D eigenvalue weighted by Crippen LogP contribution is 2.37. The zero-order valence-corrected chi connectivity index (χ0v) is 12.6. The van der Waals surface area contributed by atoms with Gasteiger partial charge in [0, 0.05) is 6.07 Å². The normalized spacial score (nSPS) is 9.48. The topological polar surface area (TPSA) is 99.9 Å². The number of nitro benzene ring substituents is 1. The fraction of sp³-hybridized carbons (Fsp3) is 0. The summed E-state index contributed by atoms with van der Waals surface area (Å²) in [5.74, 6) is 0.244. The largest absolute Gasteiger partial charge is 0.448 e. The average molecular weight is 391 g/mol. The SMILES string of the molecule is N#Cc1cc(I)c(Oc2ccccc2C#N)c([N+](=O)[O-])c1. The number of ether oxygens (including phenoxy) is 1. The van der Waals surface area contributed by atoms with Gasteiger partial charge in [0.15, 0.2) is 0 Å². The molecule has 0 saturated heterocycles. The Morgan fingerprint density at radius 3 is 2.52 bits per heavy atom. The first-order valence-corrected chi connectivity index (χ1v) is 6.69. The van der Waals surface area contributed by atoms with Crippen LogP contribution in [0.3, 0.4) is 0 Å². The summed E-state index contributed by atoms with van der Waals surface area (Å²) in [5.41, 5.74) is 0.130. The minimum atomic E-state index is -0.618. The van der Waals surface area contributed by atoms with Crippen molar-refractivity contribution in [3.63, 3.8) is 0 Å². The summed E-state index contributed by atoms with van der Waals surface area (Å²) in [6.45, 7) is 0. The number of hydrogen-bond donors (Lipinski definition) is 0. The molecule has 2 aromatic rings. The van der Waals surface area contributed by atoms with Gasteiger partial charge in [-0.3, -0.25) is 10.1 Å². The first-order valence-electron chi connectivity index (χ1n) is 5.62. The molecular formula is C14H6IN3O3. The van der Waals surface area contributed by atoms with Gasteiger partial charge in [-0.1, -0.05) is 12.1 Å². The van der Waals surface area contributed by atoms with Gasteiger partial charge in [0.05, 0.1) is 25.7 Å². The van der Waals surface area contributed by atoms with Crippen LogP contribution in [-0.4, -0.2) is 4.92 Å². The lowest BCUT2D eigenvalue weighted by molar-refractivity contribution is -0.385. The van der Waals surface area contributed by atoms with E-state index in [1.54, 1.807) is 24.3 Å². The monoisotopic (exact) mass is 391 g/mol. The maximum atomic E-state index is 11.1. The summed E-state index contributed by atoms with van der Waals surface area (Å²) in [4.78, 5) is 10.5. The molecule has 0 aliphatic rings. The van der Waals surface area contributed by atoms with Crippen molar-refractivity contribution in [3.05, 3.63) is 61.2 Å². The summed E-state index contributed by atoms with van der Waals surface area (Å²) in [5, 5.41) is 29.0. The van der Waals surface area contributed by atoms with E-state index < -0.39 is 4.92 Å². The summed E-state index contributed by atoms with van der Waals surface area (Å²) in [6, 6.07) is 12.9. The molecule has 102 valence electrons. The molecule has 0 N–H and O–H groups in total. The van der Waals surface area contributed by atoms with Gasteiger partial charge in [-0.05, 0) is 40.8 Å². The molecule has 0 aliphatic heterocycles. The summed E-state index contributed by atoms with van der Waals surface area (Å²) >= 11 is 1.86. The van der Waals surface area contributed by atoms with Crippen LogP contribution < -0.4 is 4.74 Å². The maximum Gasteiger partial charge on any atom is 0.314 e. The van der Waals surface area contributed by atoms with Crippen molar-refractivity contribution in [2.75, 3.05) is 0 Å². The van der Waals surface area contributed by atoms with E-state index in [0.29, 0.717) is 3.57 Å². The Kier molecular flexibility index (Phi) is 4.36. The van der Waals surface area contributed by atoms with Crippen molar-refractivity contribution in [3.8, 4) is 23.6 Å². The third-order valence-corrected chi connectivity index (χ3v) is 3.37. The third kappa shape index (κ3) is 3.09. The standard InChI is InChI=1S/C14H6IN3O3/c15-11-5-9(7-16)6-12(18(19)20)14(11)21-13-4-2-1-3-10(13)8-17/h1-6H. The average Bonchev–Trinajstić information content (AvgIpc) is 2.49. The van der Waals surface area contributed by atoms with E-state index in [1.165, 1.54) is 6.07 Å². The molecule has 0 saturated carbocycles. The van der Waals surface area contributed by atoms with Crippen LogP contribution in [0, 0.1) is 36.3 Å². The van der Waals surface area contributed by atoms with Gasteiger partial charge in [0.1, 0.15) is 11.8 Å². The zero-order valence-electron chi connectivity index (χ0n) is 10.4. The van der Waals surface area contributed by atoms with Gasteiger partial charge in [0.2, 0.25) is 5.75 Å². The first kappa shape index (κ1) is 14.8. The van der Waals surface area contributed by atoms with Crippen LogP contribution in [0.5, 0.6) is 11.5 Å². The molecule has 0 bridgehead atoms. The predicted molar refractivity (Wildman–Crippen MR) is 81.8 cm³/mol. The summed E-state index contributed by atoms with van der Waals surface area (Å²) < 4.78 is 5.96. The summed E-state index contributed by atoms with van der Waals surface area (Å²) in [6.07, 6.45) is 0. The molecule has 0 spiro atoms. The van der Waals surface area contributed by atoms with Crippen LogP contribution in [0.15, 0.2) is 36.4 Å². The summed E-state index contributed by atoms with van der Waals surface area (Å²) in [7, 11) is 0. The number of nitro groups is 1. The molecule has 0 radical (unpaired) electrons. The van der Waals surface area contributed by atoms with E-state index >= 15 is 0 Å². The number of benzene rings is 2. The molecule has 0 aliphatic carbocycles. The minimum absolute atomic E-state index is 0.0160. The molecule has 0 fully saturated rings. The lowest BCUT2D eigenvalue weighted by Gasteiger charge is -2.09. The van der Waals surface area contributed by atoms with Gasteiger partial charge < -0.3 is 4.74 Å². The fourth-order valence-electron chi connectivity index (χ4n) is 1.64. The Morgan fingerprint density at radius 2 is 1.90 bits per heavy atom. The van der Waals surface area contributed by atoms with Crippen molar-refractivity contribution in [1.82, 2.24) is 0 Å². The van der Waals surface area contributed by atoms with Gasteiger partial charge >= 0.3 is 5.69 Å². The van der Waals surface area contributed by atoms with E-state index in [4.69, 9.17) is 15.3 Å². The van der Waals surface area contributed by atoms with Crippen LogP contribution in [0.25, 0.3) is 0 Å². The molecule has 0 heterocycles. The van der Waals surface area contributed by atoms with Crippen molar-refractivity contribution in [2.24, 2.45) is 0 Å². The van der Waals surface area contributed by atoms with Gasteiger partial charge in [0.25, 0.3) is 0 Å². The van der Waals surface area contributed by atoms with E-state index in [1.807, 2.05) is 34.7 Å². The van der Waals surface area contributed by atoms with Crippen molar-refractivity contribution < 1.29 is 9.66 Å². The Balaban J connectivity index is 2.57. The van der Waals surface area contributed by atoms with Crippen LogP contribution >= 0.6 is 22.6 Å². The molecule has 0 unspecified atom stereocenters. The molecule has 2 aromatic carbocycles. The lowest BCUT2D eigenvalue weighted by atomic mass is 10.2. The van der Waals surface area contributed by atoms with Gasteiger partial charge in [-0.15, -0.1) is 0 Å². The molecule has 0 aromatic heterocycles. The van der Waals surface area contributed by atoms with Crippen LogP contribution in [0.1, 0.15) is 11.1 Å². The maximum absolute atomic E-state index is 11.1. The fourth-order valence-corrected chi connectivity index (χ4v) is 2.36. The Morgan fingerprint density at radius 1 is 1.19 bits per heavy atom. The lowest BCUT2D eigenvalue weighted by Crippen LogP contribution is -1.98. The second-order valence-corrected chi connectivity index (χ2v) is 5.05. The van der Waals surface area contributed by atoms with Crippen LogP contribution in [-0.2, 0) is 0 Å². The molecular weight excluding hydrogens is 385 g/mol. The number of nitrogens with zero attached hydrogens (tertiary/aromatic N) is 3. The number of hydrogen-bond acceptors (Lipinski definition) is 5. The molecule has 6 nitrogen and oxygen atoms in total. The predicted octanol–water partition coefficient (Wildman–Crippen LogP) is 3.74. The zero-order chi connectivity index (χ0) is 15.4. The number of para-hydroxylation sites is 1. The second-order valence-electron chi connectivity index (χ2n) is 3.89. The molecule has 7 heteroatoms. The highest BCUT2D eigenvalue weighted by Gasteiger charge is 2.22. The van der Waals surface area contributed by atoms with E-state index in [-0.39, 0.29) is 28.3 Å². The Hall–Kier alpha value is -2.65. The van der Waals surface area contributed by atoms with Crippen molar-refractivity contribution in [2.45, 2.75) is 0 Å². The molecule has 0 amide bonds. The number of rotatable bonds is 3. The minimum Gasteiger partial charge on any atom is -0.448 e. The number of halogens is 1. The van der Waals surface area contributed by atoms with E-state index in [0.717, 1.165) is 6.07 Å². The van der Waals surface area contributed by atoms with Crippen LogP contribution in [0.4, 0.5) is 5.69 Å². The van der Waals surface area contributed by atoms with Crippen LogP contribution in [0.2, 0.25) is 0 Å². The number of nitriles is 2.